The van der Waals surface area contributed by atoms with Crippen molar-refractivity contribution in [2.75, 3.05) is 10.7 Å². The second kappa shape index (κ2) is 5.14. The number of nitrogens with one attached hydrogen (secondary N) is 3. The van der Waals surface area contributed by atoms with Crippen molar-refractivity contribution < 1.29 is 9.72 Å². The summed E-state index contributed by atoms with van der Waals surface area (Å²) < 4.78 is 0. The van der Waals surface area contributed by atoms with E-state index in [-0.39, 0.29) is 16.9 Å². The third-order valence-corrected chi connectivity index (χ3v) is 2.38. The zero-order chi connectivity index (χ0) is 13.8. The molecule has 19 heavy (non-hydrogen) atoms. The number of para-hydroxylation sites is 1. The second-order valence-corrected chi connectivity index (χ2v) is 3.54. The van der Waals surface area contributed by atoms with E-state index in [0.29, 0.717) is 5.69 Å². The molecule has 0 radical (unpaired) electrons. The maximum atomic E-state index is 12.0. The van der Waals surface area contributed by atoms with Gasteiger partial charge in [0.05, 0.1) is 22.4 Å². The van der Waals surface area contributed by atoms with E-state index in [1.165, 1.54) is 30.6 Å². The molecule has 2 aromatic rings. The van der Waals surface area contributed by atoms with Crippen LogP contribution in [0.2, 0.25) is 0 Å². The molecule has 0 atom stereocenters. The van der Waals surface area contributed by atoms with Crippen LogP contribution in [0.25, 0.3) is 0 Å². The maximum Gasteiger partial charge on any atom is 0.294 e. The van der Waals surface area contributed by atoms with Crippen molar-refractivity contribution in [3.8, 4) is 0 Å². The number of nitrogen functional groups attached to an aromatic ring is 1. The van der Waals surface area contributed by atoms with Gasteiger partial charge >= 0.3 is 0 Å². The van der Waals surface area contributed by atoms with E-state index in [0.717, 1.165) is 0 Å². The molecule has 0 bridgehead atoms. The Morgan fingerprint density at radius 3 is 2.84 bits per heavy atom. The van der Waals surface area contributed by atoms with Gasteiger partial charge in [-0.3, -0.25) is 25.9 Å². The smallest absolute Gasteiger partial charge is 0.294 e. The topological polar surface area (TPSA) is 139 Å². The predicted molar refractivity (Wildman–Crippen MR) is 67.4 cm³/mol. The SMILES string of the molecule is NNc1c(C(=O)Nc2cn[nH]c2)cccc1[N+](=O)[O-]. The molecule has 1 aromatic carbocycles. The molecular weight excluding hydrogens is 252 g/mol. The Balaban J connectivity index is 2.36. The summed E-state index contributed by atoms with van der Waals surface area (Å²) in [5, 5.41) is 19.6. The molecule has 0 aliphatic rings. The summed E-state index contributed by atoms with van der Waals surface area (Å²) in [5.41, 5.74) is 2.37. The van der Waals surface area contributed by atoms with Crippen molar-refractivity contribution in [2.45, 2.75) is 0 Å². The maximum absolute atomic E-state index is 12.0. The van der Waals surface area contributed by atoms with Gasteiger partial charge in [-0.15, -0.1) is 0 Å². The van der Waals surface area contributed by atoms with E-state index in [4.69, 9.17) is 5.84 Å². The number of hydrogen-bond acceptors (Lipinski definition) is 6. The number of carbonyl (C=O) groups is 1. The number of hydrazine groups is 1. The molecule has 0 saturated heterocycles. The van der Waals surface area contributed by atoms with Crippen molar-refractivity contribution in [1.29, 1.82) is 0 Å². The number of amides is 1. The fourth-order valence-corrected chi connectivity index (χ4v) is 1.55. The molecule has 2 rings (SSSR count). The van der Waals surface area contributed by atoms with E-state index >= 15 is 0 Å². The number of aromatic nitrogens is 2. The fourth-order valence-electron chi connectivity index (χ4n) is 1.55. The lowest BCUT2D eigenvalue weighted by molar-refractivity contribution is -0.384. The monoisotopic (exact) mass is 262 g/mol. The molecule has 1 aromatic heterocycles. The van der Waals surface area contributed by atoms with Crippen LogP contribution in [0.5, 0.6) is 0 Å². The number of nitrogens with two attached hydrogens (primary N) is 1. The zero-order valence-corrected chi connectivity index (χ0v) is 9.58. The quantitative estimate of drug-likeness (QED) is 0.366. The number of rotatable bonds is 4. The van der Waals surface area contributed by atoms with Gasteiger partial charge in [0.15, 0.2) is 0 Å². The number of H-pyrrole nitrogens is 1. The van der Waals surface area contributed by atoms with Crippen molar-refractivity contribution in [2.24, 2.45) is 5.84 Å². The van der Waals surface area contributed by atoms with Crippen molar-refractivity contribution in [1.82, 2.24) is 10.2 Å². The Kier molecular flexibility index (Phi) is 3.39. The number of nitro groups is 1. The van der Waals surface area contributed by atoms with Crippen LogP contribution in [0, 0.1) is 10.1 Å². The second-order valence-electron chi connectivity index (χ2n) is 3.54. The standard InChI is InChI=1S/C10H10N6O3/c11-15-9-7(2-1-3-8(9)16(18)19)10(17)14-6-4-12-13-5-6/h1-5,15H,11H2,(H,12,13)(H,14,17). The van der Waals surface area contributed by atoms with E-state index in [2.05, 4.69) is 20.9 Å². The van der Waals surface area contributed by atoms with Crippen LogP contribution in [0.4, 0.5) is 17.1 Å². The van der Waals surface area contributed by atoms with Crippen LogP contribution in [0.15, 0.2) is 30.6 Å². The molecule has 9 heteroatoms. The minimum atomic E-state index is -0.621. The number of carbonyl (C=O) groups excluding carboxylic acids is 1. The summed E-state index contributed by atoms with van der Waals surface area (Å²) in [7, 11) is 0. The molecule has 0 spiro atoms. The Hall–Kier alpha value is -2.94. The van der Waals surface area contributed by atoms with E-state index < -0.39 is 10.8 Å². The Labute approximate surface area is 106 Å². The highest BCUT2D eigenvalue weighted by molar-refractivity contribution is 6.09. The van der Waals surface area contributed by atoms with Crippen LogP contribution in [0.3, 0.4) is 0 Å². The minimum absolute atomic E-state index is 0.0477. The van der Waals surface area contributed by atoms with Gasteiger partial charge in [0.2, 0.25) is 0 Å². The van der Waals surface area contributed by atoms with Crippen molar-refractivity contribution in [3.63, 3.8) is 0 Å². The van der Waals surface area contributed by atoms with Crippen LogP contribution < -0.4 is 16.6 Å². The summed E-state index contributed by atoms with van der Waals surface area (Å²) in [6.45, 7) is 0. The molecule has 1 amide bonds. The number of hydrogen-bond donors (Lipinski definition) is 4. The number of anilines is 2. The Morgan fingerprint density at radius 2 is 2.26 bits per heavy atom. The summed E-state index contributed by atoms with van der Waals surface area (Å²) >= 11 is 0. The van der Waals surface area contributed by atoms with Gasteiger partial charge in [-0.25, -0.2) is 0 Å². The average molecular weight is 262 g/mol. The number of nitro benzene ring substituents is 1. The summed E-state index contributed by atoms with van der Waals surface area (Å²) in [6.07, 6.45) is 2.88. The van der Waals surface area contributed by atoms with E-state index in [1.807, 2.05) is 0 Å². The zero-order valence-electron chi connectivity index (χ0n) is 9.58. The molecule has 9 nitrogen and oxygen atoms in total. The first-order valence-corrected chi connectivity index (χ1v) is 5.17. The highest BCUT2D eigenvalue weighted by atomic mass is 16.6. The van der Waals surface area contributed by atoms with Crippen LogP contribution in [-0.4, -0.2) is 21.0 Å². The molecule has 1 heterocycles. The molecule has 0 aliphatic heterocycles. The highest BCUT2D eigenvalue weighted by Crippen LogP contribution is 2.27. The average Bonchev–Trinajstić information content (AvgIpc) is 2.90. The Bertz CT molecular complexity index is 610. The fraction of sp³-hybridized carbons (Fsp3) is 0. The van der Waals surface area contributed by atoms with Crippen LogP contribution in [0.1, 0.15) is 10.4 Å². The lowest BCUT2D eigenvalue weighted by Crippen LogP contribution is -2.18. The predicted octanol–water partition coefficient (Wildman–Crippen LogP) is 0.856. The number of aromatic amines is 1. The molecule has 98 valence electrons. The number of benzene rings is 1. The van der Waals surface area contributed by atoms with Gasteiger partial charge in [0.25, 0.3) is 11.6 Å². The van der Waals surface area contributed by atoms with Gasteiger partial charge in [0, 0.05) is 12.3 Å². The molecule has 0 unspecified atom stereocenters. The molecule has 0 fully saturated rings. The van der Waals surface area contributed by atoms with Gasteiger partial charge in [-0.1, -0.05) is 6.07 Å². The highest BCUT2D eigenvalue weighted by Gasteiger charge is 2.21. The Morgan fingerprint density at radius 1 is 1.47 bits per heavy atom. The first-order valence-electron chi connectivity index (χ1n) is 5.17. The van der Waals surface area contributed by atoms with Crippen molar-refractivity contribution in [3.05, 3.63) is 46.3 Å². The largest absolute Gasteiger partial charge is 0.319 e. The lowest BCUT2D eigenvalue weighted by atomic mass is 10.1. The minimum Gasteiger partial charge on any atom is -0.319 e. The summed E-state index contributed by atoms with van der Waals surface area (Å²) in [5.74, 6) is 4.72. The third kappa shape index (κ3) is 2.50. The lowest BCUT2D eigenvalue weighted by Gasteiger charge is -2.08. The van der Waals surface area contributed by atoms with E-state index in [1.54, 1.807) is 0 Å². The first-order chi connectivity index (χ1) is 9.13. The molecule has 0 aliphatic carbocycles. The van der Waals surface area contributed by atoms with Crippen LogP contribution >= 0.6 is 0 Å². The van der Waals surface area contributed by atoms with E-state index in [9.17, 15) is 14.9 Å². The molecule has 0 saturated carbocycles. The van der Waals surface area contributed by atoms with Crippen LogP contribution in [-0.2, 0) is 0 Å². The summed E-state index contributed by atoms with van der Waals surface area (Å²) in [6, 6.07) is 4.09. The van der Waals surface area contributed by atoms with Gasteiger partial charge < -0.3 is 10.7 Å². The van der Waals surface area contributed by atoms with Gasteiger partial charge in [0.1, 0.15) is 5.69 Å². The molecule has 5 N–H and O–H groups in total. The third-order valence-electron chi connectivity index (χ3n) is 2.38. The van der Waals surface area contributed by atoms with Gasteiger partial charge in [-0.05, 0) is 6.07 Å². The van der Waals surface area contributed by atoms with Gasteiger partial charge in [-0.2, -0.15) is 5.10 Å². The molecular formula is C10H10N6O3. The number of nitrogens with zero attached hydrogens (tertiary/aromatic N) is 2. The van der Waals surface area contributed by atoms with Crippen molar-refractivity contribution >= 4 is 23.0 Å². The normalized spacial score (nSPS) is 9.95. The summed E-state index contributed by atoms with van der Waals surface area (Å²) in [4.78, 5) is 22.2. The first kappa shape index (κ1) is 12.5.